The molecule has 8 heteroatoms. The van der Waals surface area contributed by atoms with E-state index >= 15 is 0 Å². The number of hydrogen-bond acceptors (Lipinski definition) is 4. The average Bonchev–Trinajstić information content (AvgIpc) is 3.09. The van der Waals surface area contributed by atoms with Crippen molar-refractivity contribution < 1.29 is 18.0 Å². The number of carbonyl (C=O) groups is 2. The van der Waals surface area contributed by atoms with Crippen molar-refractivity contribution in [3.63, 3.8) is 0 Å². The van der Waals surface area contributed by atoms with Crippen LogP contribution in [0.25, 0.3) is 0 Å². The summed E-state index contributed by atoms with van der Waals surface area (Å²) in [7, 11) is -3.69. The summed E-state index contributed by atoms with van der Waals surface area (Å²) in [6, 6.07) is 7.37. The SMILES string of the molecule is C=CC(=O)NCCNC(=O)[C@H]1CCCN1S(=O)(=O)c1ccccc1. The number of hydrogen-bond donors (Lipinski definition) is 2. The first-order valence-electron chi connectivity index (χ1n) is 7.71. The molecule has 130 valence electrons. The maximum absolute atomic E-state index is 12.7. The molecule has 1 aromatic rings. The van der Waals surface area contributed by atoms with Gasteiger partial charge in [0.1, 0.15) is 6.04 Å². The van der Waals surface area contributed by atoms with Gasteiger partial charge in [-0.15, -0.1) is 0 Å². The lowest BCUT2D eigenvalue weighted by Gasteiger charge is -2.23. The van der Waals surface area contributed by atoms with Crippen LogP contribution in [0.5, 0.6) is 0 Å². The van der Waals surface area contributed by atoms with Gasteiger partial charge in [-0.05, 0) is 31.1 Å². The van der Waals surface area contributed by atoms with Crippen LogP contribution in [0.1, 0.15) is 12.8 Å². The van der Waals surface area contributed by atoms with E-state index in [1.807, 2.05) is 0 Å². The molecule has 1 atom stereocenters. The van der Waals surface area contributed by atoms with Crippen LogP contribution in [0.3, 0.4) is 0 Å². The minimum Gasteiger partial charge on any atom is -0.353 e. The molecule has 0 radical (unpaired) electrons. The molecule has 0 aromatic heterocycles. The van der Waals surface area contributed by atoms with E-state index in [4.69, 9.17) is 0 Å². The lowest BCUT2D eigenvalue weighted by Crippen LogP contribution is -2.47. The zero-order chi connectivity index (χ0) is 17.6. The molecule has 0 unspecified atom stereocenters. The number of sulfonamides is 1. The normalized spacial score (nSPS) is 18.1. The highest BCUT2D eigenvalue weighted by atomic mass is 32.2. The second-order valence-corrected chi connectivity index (χ2v) is 7.26. The van der Waals surface area contributed by atoms with Gasteiger partial charge in [0.2, 0.25) is 21.8 Å². The van der Waals surface area contributed by atoms with E-state index in [0.29, 0.717) is 19.4 Å². The minimum atomic E-state index is -3.69. The molecule has 2 N–H and O–H groups in total. The quantitative estimate of drug-likeness (QED) is 0.544. The number of benzene rings is 1. The Balaban J connectivity index is 1.98. The summed E-state index contributed by atoms with van der Waals surface area (Å²) < 4.78 is 26.6. The third kappa shape index (κ3) is 4.21. The summed E-state index contributed by atoms with van der Waals surface area (Å²) in [6.45, 7) is 4.14. The van der Waals surface area contributed by atoms with Gasteiger partial charge in [0, 0.05) is 19.6 Å². The van der Waals surface area contributed by atoms with Gasteiger partial charge in [-0.2, -0.15) is 4.31 Å². The van der Waals surface area contributed by atoms with E-state index in [2.05, 4.69) is 17.2 Å². The molecule has 1 heterocycles. The van der Waals surface area contributed by atoms with E-state index in [0.717, 1.165) is 6.08 Å². The molecule has 24 heavy (non-hydrogen) atoms. The summed E-state index contributed by atoms with van der Waals surface area (Å²) in [5.41, 5.74) is 0. The Labute approximate surface area is 141 Å². The van der Waals surface area contributed by atoms with Crippen LogP contribution in [0, 0.1) is 0 Å². The largest absolute Gasteiger partial charge is 0.353 e. The average molecular weight is 351 g/mol. The molecule has 0 aliphatic carbocycles. The number of nitrogens with zero attached hydrogens (tertiary/aromatic N) is 1. The molecular formula is C16H21N3O4S. The predicted octanol–water partition coefficient (Wildman–Crippen LogP) is 0.258. The van der Waals surface area contributed by atoms with E-state index in [1.54, 1.807) is 18.2 Å². The minimum absolute atomic E-state index is 0.183. The lowest BCUT2D eigenvalue weighted by atomic mass is 10.2. The molecule has 0 bridgehead atoms. The second-order valence-electron chi connectivity index (χ2n) is 5.37. The molecule has 1 aliphatic heterocycles. The van der Waals surface area contributed by atoms with Crippen molar-refractivity contribution in [2.45, 2.75) is 23.8 Å². The number of rotatable bonds is 7. The van der Waals surface area contributed by atoms with Crippen LogP contribution in [-0.2, 0) is 19.6 Å². The Morgan fingerprint density at radius 3 is 2.54 bits per heavy atom. The molecule has 0 saturated carbocycles. The third-order valence-electron chi connectivity index (χ3n) is 3.76. The van der Waals surface area contributed by atoms with Crippen LogP contribution < -0.4 is 10.6 Å². The van der Waals surface area contributed by atoms with Crippen molar-refractivity contribution in [1.82, 2.24) is 14.9 Å². The van der Waals surface area contributed by atoms with Crippen LogP contribution in [0.15, 0.2) is 47.9 Å². The Hall–Kier alpha value is -2.19. The van der Waals surface area contributed by atoms with E-state index in [-0.39, 0.29) is 29.8 Å². The fraction of sp³-hybridized carbons (Fsp3) is 0.375. The fourth-order valence-corrected chi connectivity index (χ4v) is 4.26. The number of nitrogens with one attached hydrogen (secondary N) is 2. The Morgan fingerprint density at radius 2 is 1.88 bits per heavy atom. The number of carbonyl (C=O) groups excluding carboxylic acids is 2. The molecule has 0 spiro atoms. The van der Waals surface area contributed by atoms with Crippen LogP contribution in [0.2, 0.25) is 0 Å². The van der Waals surface area contributed by atoms with Crippen LogP contribution in [0.4, 0.5) is 0 Å². The molecular weight excluding hydrogens is 330 g/mol. The highest BCUT2D eigenvalue weighted by Gasteiger charge is 2.39. The van der Waals surface area contributed by atoms with Crippen LogP contribution >= 0.6 is 0 Å². The van der Waals surface area contributed by atoms with Gasteiger partial charge in [0.05, 0.1) is 4.90 Å². The zero-order valence-corrected chi connectivity index (χ0v) is 14.1. The Morgan fingerprint density at radius 1 is 1.21 bits per heavy atom. The Kier molecular flexibility index (Phi) is 6.10. The van der Waals surface area contributed by atoms with Crippen LogP contribution in [-0.4, -0.2) is 50.2 Å². The summed E-state index contributed by atoms with van der Waals surface area (Å²) in [6.07, 6.45) is 2.27. The lowest BCUT2D eigenvalue weighted by molar-refractivity contribution is -0.124. The van der Waals surface area contributed by atoms with Gasteiger partial charge in [0.15, 0.2) is 0 Å². The highest BCUT2D eigenvalue weighted by Crippen LogP contribution is 2.25. The van der Waals surface area contributed by atoms with Gasteiger partial charge in [-0.1, -0.05) is 24.8 Å². The molecule has 1 fully saturated rings. The van der Waals surface area contributed by atoms with Gasteiger partial charge in [-0.3, -0.25) is 9.59 Å². The van der Waals surface area contributed by atoms with Crippen molar-refractivity contribution in [2.24, 2.45) is 0 Å². The topological polar surface area (TPSA) is 95.6 Å². The maximum Gasteiger partial charge on any atom is 0.243 e. The summed E-state index contributed by atoms with van der Waals surface area (Å²) in [5, 5.41) is 5.21. The first-order chi connectivity index (χ1) is 11.5. The van der Waals surface area contributed by atoms with E-state index in [9.17, 15) is 18.0 Å². The van der Waals surface area contributed by atoms with Crippen molar-refractivity contribution >= 4 is 21.8 Å². The van der Waals surface area contributed by atoms with E-state index in [1.165, 1.54) is 16.4 Å². The third-order valence-corrected chi connectivity index (χ3v) is 5.69. The van der Waals surface area contributed by atoms with Gasteiger partial charge >= 0.3 is 0 Å². The summed E-state index contributed by atoms with van der Waals surface area (Å²) >= 11 is 0. The molecule has 7 nitrogen and oxygen atoms in total. The molecule has 1 aliphatic rings. The molecule has 2 amide bonds. The second kappa shape index (κ2) is 8.07. The Bertz CT molecular complexity index is 703. The molecule has 1 saturated heterocycles. The first-order valence-corrected chi connectivity index (χ1v) is 9.15. The highest BCUT2D eigenvalue weighted by molar-refractivity contribution is 7.89. The molecule has 1 aromatic carbocycles. The zero-order valence-electron chi connectivity index (χ0n) is 13.3. The standard InChI is InChI=1S/C16H21N3O4S/c1-2-15(20)17-10-11-18-16(21)14-9-6-12-19(14)24(22,23)13-7-4-3-5-8-13/h2-5,7-8,14H,1,6,9-12H2,(H,17,20)(H,18,21)/t14-/m1/s1. The van der Waals surface area contributed by atoms with Crippen molar-refractivity contribution in [3.8, 4) is 0 Å². The summed E-state index contributed by atoms with van der Waals surface area (Å²) in [4.78, 5) is 23.5. The van der Waals surface area contributed by atoms with E-state index < -0.39 is 16.1 Å². The number of amides is 2. The van der Waals surface area contributed by atoms with Crippen molar-refractivity contribution in [1.29, 1.82) is 0 Å². The van der Waals surface area contributed by atoms with Crippen molar-refractivity contribution in [2.75, 3.05) is 19.6 Å². The van der Waals surface area contributed by atoms with Gasteiger partial charge < -0.3 is 10.6 Å². The monoisotopic (exact) mass is 351 g/mol. The molecule has 2 rings (SSSR count). The van der Waals surface area contributed by atoms with Gasteiger partial charge in [0.25, 0.3) is 0 Å². The summed E-state index contributed by atoms with van der Waals surface area (Å²) in [5.74, 6) is -0.668. The maximum atomic E-state index is 12.7. The van der Waals surface area contributed by atoms with Crippen molar-refractivity contribution in [3.05, 3.63) is 43.0 Å². The predicted molar refractivity (Wildman–Crippen MR) is 89.6 cm³/mol. The first kappa shape index (κ1) is 18.2. The van der Waals surface area contributed by atoms with Gasteiger partial charge in [-0.25, -0.2) is 8.42 Å². The fourth-order valence-electron chi connectivity index (χ4n) is 2.58. The smallest absolute Gasteiger partial charge is 0.243 e.